The molecule has 12 heteroatoms. The minimum Gasteiger partial charge on any atom is -0.454 e. The number of nitrogens with zero attached hydrogens (tertiary/aromatic N) is 8. The predicted molar refractivity (Wildman–Crippen MR) is 562 cm³/mol. The summed E-state index contributed by atoms with van der Waals surface area (Å²) < 4.78 is 37.9. The molecular weight excluding hydrogens is 1680 g/mol. The molecule has 0 saturated carbocycles. The third-order valence-corrected chi connectivity index (χ3v) is 29.0. The van der Waals surface area contributed by atoms with E-state index in [0.717, 1.165) is 276 Å². The molecule has 0 unspecified atom stereocenters. The zero-order valence-electron chi connectivity index (χ0n) is 73.1. The topological polar surface area (TPSA) is 114 Å². The van der Waals surface area contributed by atoms with Gasteiger partial charge in [0.1, 0.15) is 50.3 Å². The summed E-state index contributed by atoms with van der Waals surface area (Å²) >= 11 is 0. The second-order valence-electron chi connectivity index (χ2n) is 36.3. The molecular formula is C125H70N8O4. The first-order valence-electron chi connectivity index (χ1n) is 46.5. The van der Waals surface area contributed by atoms with Gasteiger partial charge in [0.05, 0.1) is 72.2 Å². The molecule has 11 aromatic heterocycles. The van der Waals surface area contributed by atoms with Crippen LogP contribution in [0.4, 0.5) is 17.1 Å². The van der Waals surface area contributed by atoms with Gasteiger partial charge in [-0.05, 0) is 209 Å². The van der Waals surface area contributed by atoms with Crippen LogP contribution in [0.2, 0.25) is 0 Å². The van der Waals surface area contributed by atoms with Crippen molar-refractivity contribution in [1.29, 1.82) is 0 Å². The van der Waals surface area contributed by atoms with Crippen LogP contribution < -0.4 is 4.90 Å². The number of anilines is 3. The van der Waals surface area contributed by atoms with Gasteiger partial charge in [0.2, 0.25) is 0 Å². The minimum atomic E-state index is 0.692. The Kier molecular flexibility index (Phi) is 15.1. The molecule has 1 aliphatic rings. The molecule has 0 N–H and O–H groups in total. The van der Waals surface area contributed by atoms with Gasteiger partial charge in [-0.3, -0.25) is 0 Å². The first-order valence-corrected chi connectivity index (χ1v) is 46.5. The molecule has 0 amide bonds. The normalized spacial score (nSPS) is 12.5. The number of para-hydroxylation sites is 11. The van der Waals surface area contributed by atoms with Crippen molar-refractivity contribution in [2.24, 2.45) is 0 Å². The highest BCUT2D eigenvalue weighted by atomic mass is 16.3. The molecule has 0 radical (unpaired) electrons. The highest BCUT2D eigenvalue weighted by molar-refractivity contribution is 6.26. The van der Waals surface area contributed by atoms with E-state index in [2.05, 4.69) is 411 Å². The van der Waals surface area contributed by atoms with Crippen molar-refractivity contribution in [3.63, 3.8) is 0 Å². The van der Waals surface area contributed by atoms with Crippen LogP contribution in [0.3, 0.4) is 0 Å². The molecule has 12 heterocycles. The van der Waals surface area contributed by atoms with Crippen molar-refractivity contribution in [1.82, 2.24) is 33.2 Å². The van der Waals surface area contributed by atoms with E-state index >= 15 is 0 Å². The predicted octanol–water partition coefficient (Wildman–Crippen LogP) is 33.9. The maximum Gasteiger partial charge on any atom is 0.178 e. The molecule has 12 nitrogen and oxygen atoms in total. The van der Waals surface area contributed by atoms with E-state index in [4.69, 9.17) is 32.6 Å². The quantitative estimate of drug-likeness (QED) is 0.140. The van der Waals surface area contributed by atoms with Gasteiger partial charge in [0.15, 0.2) is 22.3 Å². The van der Waals surface area contributed by atoms with Crippen molar-refractivity contribution >= 4 is 214 Å². The molecule has 30 aromatic rings. The van der Waals surface area contributed by atoms with Crippen molar-refractivity contribution < 1.29 is 17.7 Å². The minimum absolute atomic E-state index is 0.692. The van der Waals surface area contributed by atoms with Crippen LogP contribution in [-0.4, -0.2) is 33.2 Å². The Morgan fingerprint density at radius 3 is 1.28 bits per heavy atom. The highest BCUT2D eigenvalue weighted by Gasteiger charge is 2.36. The molecule has 634 valence electrons. The summed E-state index contributed by atoms with van der Waals surface area (Å²) in [6.45, 7) is 0. The summed E-state index contributed by atoms with van der Waals surface area (Å²) in [7, 11) is 0. The molecule has 0 bridgehead atoms. The van der Waals surface area contributed by atoms with Crippen molar-refractivity contribution in [2.75, 3.05) is 4.90 Å². The van der Waals surface area contributed by atoms with Gasteiger partial charge in [-0.1, -0.05) is 255 Å². The Labute approximate surface area is 779 Å². The first kappa shape index (κ1) is 74.1. The second kappa shape index (κ2) is 28.0. The molecule has 0 atom stereocenters. The molecule has 31 rings (SSSR count). The SMILES string of the molecule is c1ccc(-n2c3ccccc3c3cc(-c4ccc5c6cc(-c7ccc8c(N9c%10ccccc%10-c%10c(n(-c%11cccc(-c%12ccc%13c%14ccc%15c%16ccccc%16oc%15c%14n(-c%14c%15ccccc%15nc%15c%14oc%14ccccc%14%15)c%13c%12)c%11)c%11ccccc%10%11)-c%10ccccc%109)c9oc%10ccccc%10c9nc8c7)ccc6n(-c6ccc(-c7c8ccccc8nc8c7oc7ccccc78)cc6)c5c4)ccc32)cc1. The Balaban J connectivity index is 0.572. The smallest absolute Gasteiger partial charge is 0.178 e. The highest BCUT2D eigenvalue weighted by Crippen LogP contribution is 2.58. The molecule has 1 aliphatic heterocycles. The lowest BCUT2D eigenvalue weighted by Gasteiger charge is -2.28. The third kappa shape index (κ3) is 10.5. The Morgan fingerprint density at radius 2 is 0.599 bits per heavy atom. The van der Waals surface area contributed by atoms with Crippen LogP contribution in [0.25, 0.3) is 287 Å². The van der Waals surface area contributed by atoms with Gasteiger partial charge in [0.25, 0.3) is 0 Å². The Morgan fingerprint density at radius 1 is 0.190 bits per heavy atom. The van der Waals surface area contributed by atoms with E-state index in [1.54, 1.807) is 0 Å². The number of furan rings is 4. The van der Waals surface area contributed by atoms with Crippen molar-refractivity contribution in [3.05, 3.63) is 425 Å². The van der Waals surface area contributed by atoms with E-state index in [-0.39, 0.29) is 0 Å². The Hall–Kier alpha value is -18.7. The summed E-state index contributed by atoms with van der Waals surface area (Å²) in [5.74, 6) is 0. The number of aromatic nitrogens is 7. The van der Waals surface area contributed by atoms with Gasteiger partial charge >= 0.3 is 0 Å². The number of benzene rings is 19. The number of fused-ring (bicyclic) bond motifs is 32. The first-order chi connectivity index (χ1) is 67.9. The van der Waals surface area contributed by atoms with E-state index in [0.29, 0.717) is 11.2 Å². The fourth-order valence-corrected chi connectivity index (χ4v) is 23.0. The van der Waals surface area contributed by atoms with E-state index in [1.807, 2.05) is 36.4 Å². The lowest BCUT2D eigenvalue weighted by molar-refractivity contribution is 0.665. The molecule has 19 aromatic carbocycles. The monoisotopic (exact) mass is 1750 g/mol. The average Bonchev–Trinajstić information content (AvgIpc) is 1.55. The standard InChI is InChI=1S/C125H70N8O4/c1-2-26-78(27-3-1)129-101-41-16-6-29-81(101)96-67-74(55-63-105(96)129)77-52-59-83-97-66-73(54-64-106(97)130(107(83)69-77)79-56-49-71(50-57-79)113-87-31-4-14-39-98(87)126-115-93-36-11-21-46-110(93)135-123(113)115)75-53-60-89-100(68-75)128-117-95-38-13-23-48-112(95)136-124(117)120(89)132-103-43-18-8-34-91(103)114-90-33-7-17-42-102(90)131(118(114)92-35-9-19-44-104(92)132)80-28-24-25-72(65-80)76-51-58-82-85-61-62-86-84-30-10-20-45-109(84)134-122(86)119(85)133(108(82)70-76)121-88-32-5-15-40-99(88)127-116-94-37-12-22-47-111(94)137-125(116)121/h1-70H. The number of hydrogen-bond acceptors (Lipinski definition) is 8. The summed E-state index contributed by atoms with van der Waals surface area (Å²) in [6.07, 6.45) is 0. The number of pyridine rings is 3. The second-order valence-corrected chi connectivity index (χ2v) is 36.3. The molecule has 0 saturated heterocycles. The lowest BCUT2D eigenvalue weighted by atomic mass is 9.98. The van der Waals surface area contributed by atoms with Crippen molar-refractivity contribution in [3.8, 4) is 89.6 Å². The largest absolute Gasteiger partial charge is 0.454 e. The Bertz CT molecular complexity index is 10600. The number of hydrogen-bond donors (Lipinski definition) is 0. The van der Waals surface area contributed by atoms with Gasteiger partial charge in [-0.15, -0.1) is 0 Å². The van der Waals surface area contributed by atoms with Gasteiger partial charge in [-0.2, -0.15) is 0 Å². The molecule has 0 aliphatic carbocycles. The van der Waals surface area contributed by atoms with E-state index in [1.165, 1.54) is 16.3 Å². The van der Waals surface area contributed by atoms with Crippen LogP contribution in [-0.2, 0) is 0 Å². The van der Waals surface area contributed by atoms with Gasteiger partial charge in [-0.25, -0.2) is 15.0 Å². The molecule has 137 heavy (non-hydrogen) atoms. The van der Waals surface area contributed by atoms with Crippen LogP contribution in [0.1, 0.15) is 0 Å². The van der Waals surface area contributed by atoms with Crippen LogP contribution >= 0.6 is 0 Å². The fraction of sp³-hybridized carbons (Fsp3) is 0. The van der Waals surface area contributed by atoms with E-state index < -0.39 is 0 Å². The van der Waals surface area contributed by atoms with Crippen LogP contribution in [0.5, 0.6) is 0 Å². The third-order valence-electron chi connectivity index (χ3n) is 29.0. The zero-order chi connectivity index (χ0) is 89.1. The van der Waals surface area contributed by atoms with Gasteiger partial charge in [0, 0.05) is 120 Å². The average molecular weight is 1750 g/mol. The van der Waals surface area contributed by atoms with Gasteiger partial charge < -0.3 is 40.8 Å². The van der Waals surface area contributed by atoms with Crippen LogP contribution in [0, 0.1) is 0 Å². The van der Waals surface area contributed by atoms with Crippen LogP contribution in [0.15, 0.2) is 442 Å². The summed E-state index contributed by atoms with van der Waals surface area (Å²) in [4.78, 5) is 18.8. The molecule has 0 spiro atoms. The van der Waals surface area contributed by atoms with E-state index in [9.17, 15) is 0 Å². The van der Waals surface area contributed by atoms with Crippen molar-refractivity contribution in [2.45, 2.75) is 0 Å². The summed E-state index contributed by atoms with van der Waals surface area (Å²) in [6, 6.07) is 154. The fourth-order valence-electron chi connectivity index (χ4n) is 23.0. The maximum absolute atomic E-state index is 7.32. The summed E-state index contributed by atoms with van der Waals surface area (Å²) in [5, 5.41) is 15.9. The maximum atomic E-state index is 7.32. The lowest BCUT2D eigenvalue weighted by Crippen LogP contribution is -2.12. The number of rotatable bonds is 9. The zero-order valence-corrected chi connectivity index (χ0v) is 73.1. The molecule has 0 fully saturated rings. The summed E-state index contributed by atoms with van der Waals surface area (Å²) in [5.41, 5.74) is 38.5.